The summed E-state index contributed by atoms with van der Waals surface area (Å²) in [6.07, 6.45) is -6.08. The van der Waals surface area contributed by atoms with Crippen molar-refractivity contribution < 1.29 is 17.9 Å². The van der Waals surface area contributed by atoms with Gasteiger partial charge in [0, 0.05) is 5.69 Å². The van der Waals surface area contributed by atoms with E-state index in [4.69, 9.17) is 5.73 Å². The summed E-state index contributed by atoms with van der Waals surface area (Å²) in [6.45, 7) is 0.887. The fourth-order valence-corrected chi connectivity index (χ4v) is 0.999. The van der Waals surface area contributed by atoms with Crippen LogP contribution < -0.4 is 5.73 Å². The highest BCUT2D eigenvalue weighted by molar-refractivity contribution is 5.40. The second-order valence-corrected chi connectivity index (χ2v) is 3.24. The van der Waals surface area contributed by atoms with Crippen molar-refractivity contribution in [2.75, 3.05) is 5.73 Å². The van der Waals surface area contributed by atoms with Gasteiger partial charge in [0.25, 0.3) is 0 Å². The van der Waals surface area contributed by atoms with Crippen molar-refractivity contribution in [2.24, 2.45) is 0 Å². The lowest BCUT2D eigenvalue weighted by atomic mass is 10.2. The van der Waals surface area contributed by atoms with Gasteiger partial charge in [-0.3, -0.25) is 0 Å². The molecule has 5 heteroatoms. The van der Waals surface area contributed by atoms with Crippen LogP contribution in [0.25, 0.3) is 0 Å². The SMILES string of the molecule is CC(OCc1cccc(N)c1)C(F)(F)F. The molecule has 0 aromatic heterocycles. The molecule has 0 aliphatic heterocycles. The highest BCUT2D eigenvalue weighted by Gasteiger charge is 2.36. The number of rotatable bonds is 3. The van der Waals surface area contributed by atoms with Crippen LogP contribution in [-0.4, -0.2) is 12.3 Å². The Morgan fingerprint density at radius 2 is 2.07 bits per heavy atom. The van der Waals surface area contributed by atoms with Gasteiger partial charge in [0.15, 0.2) is 6.10 Å². The molecule has 2 N–H and O–H groups in total. The molecular formula is C10H12F3NO. The Bertz CT molecular complexity index is 325. The average Bonchev–Trinajstić information content (AvgIpc) is 2.12. The molecule has 15 heavy (non-hydrogen) atoms. The van der Waals surface area contributed by atoms with Crippen LogP contribution in [0.5, 0.6) is 0 Å². The smallest absolute Gasteiger partial charge is 0.399 e. The third kappa shape index (κ3) is 3.79. The number of halogens is 3. The first kappa shape index (κ1) is 11.8. The van der Waals surface area contributed by atoms with Crippen molar-refractivity contribution in [3.63, 3.8) is 0 Å². The largest absolute Gasteiger partial charge is 0.414 e. The van der Waals surface area contributed by atoms with Crippen LogP contribution in [0.4, 0.5) is 18.9 Å². The van der Waals surface area contributed by atoms with E-state index in [1.54, 1.807) is 24.3 Å². The van der Waals surface area contributed by atoms with E-state index in [9.17, 15) is 13.2 Å². The maximum atomic E-state index is 12.1. The molecule has 2 nitrogen and oxygen atoms in total. The minimum Gasteiger partial charge on any atom is -0.399 e. The summed E-state index contributed by atoms with van der Waals surface area (Å²) in [7, 11) is 0. The van der Waals surface area contributed by atoms with Crippen molar-refractivity contribution in [2.45, 2.75) is 25.8 Å². The van der Waals surface area contributed by atoms with Gasteiger partial charge in [-0.15, -0.1) is 0 Å². The monoisotopic (exact) mass is 219 g/mol. The van der Waals surface area contributed by atoms with Crippen LogP contribution in [0.15, 0.2) is 24.3 Å². The summed E-state index contributed by atoms with van der Waals surface area (Å²) in [5.41, 5.74) is 6.61. The van der Waals surface area contributed by atoms with Crippen LogP contribution in [-0.2, 0) is 11.3 Å². The summed E-state index contributed by atoms with van der Waals surface area (Å²) < 4.78 is 40.9. The topological polar surface area (TPSA) is 35.2 Å². The molecule has 0 saturated carbocycles. The highest BCUT2D eigenvalue weighted by atomic mass is 19.4. The molecular weight excluding hydrogens is 207 g/mol. The summed E-state index contributed by atoms with van der Waals surface area (Å²) in [5, 5.41) is 0. The normalized spacial score (nSPS) is 13.9. The molecule has 0 saturated heterocycles. The minimum atomic E-state index is -4.32. The van der Waals surface area contributed by atoms with E-state index in [2.05, 4.69) is 4.74 Å². The quantitative estimate of drug-likeness (QED) is 0.793. The molecule has 1 aromatic carbocycles. The van der Waals surface area contributed by atoms with Gasteiger partial charge in [-0.1, -0.05) is 12.1 Å². The molecule has 1 unspecified atom stereocenters. The third-order valence-electron chi connectivity index (χ3n) is 1.91. The van der Waals surface area contributed by atoms with Gasteiger partial charge in [0.05, 0.1) is 6.61 Å². The minimum absolute atomic E-state index is 0.0916. The number of benzene rings is 1. The standard InChI is InChI=1S/C10H12F3NO/c1-7(10(11,12)13)15-6-8-3-2-4-9(14)5-8/h2-5,7H,6,14H2,1H3. The fourth-order valence-electron chi connectivity index (χ4n) is 0.999. The number of ether oxygens (including phenoxy) is 1. The first-order valence-electron chi connectivity index (χ1n) is 4.42. The first-order chi connectivity index (χ1) is 6.89. The molecule has 0 radical (unpaired) electrons. The molecule has 0 aliphatic carbocycles. The summed E-state index contributed by atoms with van der Waals surface area (Å²) in [6, 6.07) is 6.59. The zero-order chi connectivity index (χ0) is 11.5. The Morgan fingerprint density at radius 1 is 1.40 bits per heavy atom. The third-order valence-corrected chi connectivity index (χ3v) is 1.91. The lowest BCUT2D eigenvalue weighted by Crippen LogP contribution is -2.28. The van der Waals surface area contributed by atoms with E-state index < -0.39 is 12.3 Å². The van der Waals surface area contributed by atoms with Gasteiger partial charge in [0.2, 0.25) is 0 Å². The maximum absolute atomic E-state index is 12.1. The van der Waals surface area contributed by atoms with Gasteiger partial charge in [-0.05, 0) is 24.6 Å². The molecule has 84 valence electrons. The Hall–Kier alpha value is -1.23. The Morgan fingerprint density at radius 3 is 2.60 bits per heavy atom. The zero-order valence-electron chi connectivity index (χ0n) is 8.21. The zero-order valence-corrected chi connectivity index (χ0v) is 8.21. The Kier molecular flexibility index (Phi) is 3.57. The van der Waals surface area contributed by atoms with E-state index in [1.165, 1.54) is 0 Å². The second-order valence-electron chi connectivity index (χ2n) is 3.24. The van der Waals surface area contributed by atoms with Crippen molar-refractivity contribution in [1.29, 1.82) is 0 Å². The number of nitrogen functional groups attached to an aromatic ring is 1. The van der Waals surface area contributed by atoms with Gasteiger partial charge < -0.3 is 10.5 Å². The maximum Gasteiger partial charge on any atom is 0.414 e. The van der Waals surface area contributed by atoms with E-state index in [1.807, 2.05) is 0 Å². The van der Waals surface area contributed by atoms with Crippen molar-refractivity contribution in [3.05, 3.63) is 29.8 Å². The van der Waals surface area contributed by atoms with Crippen LogP contribution in [0.1, 0.15) is 12.5 Å². The number of anilines is 1. The molecule has 0 fully saturated rings. The average molecular weight is 219 g/mol. The van der Waals surface area contributed by atoms with Gasteiger partial charge >= 0.3 is 6.18 Å². The van der Waals surface area contributed by atoms with Crippen molar-refractivity contribution in [1.82, 2.24) is 0 Å². The molecule has 1 aromatic rings. The molecule has 0 aliphatic rings. The van der Waals surface area contributed by atoms with Crippen LogP contribution in [0.3, 0.4) is 0 Å². The van der Waals surface area contributed by atoms with E-state index in [0.29, 0.717) is 11.3 Å². The van der Waals surface area contributed by atoms with Crippen LogP contribution in [0.2, 0.25) is 0 Å². The number of nitrogens with two attached hydrogens (primary N) is 1. The van der Waals surface area contributed by atoms with E-state index in [0.717, 1.165) is 6.92 Å². The van der Waals surface area contributed by atoms with Gasteiger partial charge in [0.1, 0.15) is 0 Å². The molecule has 0 heterocycles. The van der Waals surface area contributed by atoms with Gasteiger partial charge in [-0.2, -0.15) is 13.2 Å². The van der Waals surface area contributed by atoms with Crippen molar-refractivity contribution >= 4 is 5.69 Å². The predicted octanol–water partition coefficient (Wildman–Crippen LogP) is 2.74. The number of hydrogen-bond donors (Lipinski definition) is 1. The first-order valence-corrected chi connectivity index (χ1v) is 4.42. The lowest BCUT2D eigenvalue weighted by Gasteiger charge is -2.16. The lowest BCUT2D eigenvalue weighted by molar-refractivity contribution is -0.217. The molecule has 0 amide bonds. The van der Waals surface area contributed by atoms with Crippen LogP contribution in [0, 0.1) is 0 Å². The predicted molar refractivity (Wildman–Crippen MR) is 51.2 cm³/mol. The molecule has 0 spiro atoms. The van der Waals surface area contributed by atoms with Crippen molar-refractivity contribution in [3.8, 4) is 0 Å². The molecule has 0 bridgehead atoms. The Labute approximate surface area is 85.8 Å². The second kappa shape index (κ2) is 4.53. The van der Waals surface area contributed by atoms with Gasteiger partial charge in [-0.25, -0.2) is 0 Å². The molecule has 1 atom stereocenters. The van der Waals surface area contributed by atoms with Crippen LogP contribution >= 0.6 is 0 Å². The summed E-state index contributed by atoms with van der Waals surface area (Å²) in [5.74, 6) is 0. The summed E-state index contributed by atoms with van der Waals surface area (Å²) >= 11 is 0. The molecule has 1 rings (SSSR count). The Balaban J connectivity index is 2.51. The van der Waals surface area contributed by atoms with E-state index >= 15 is 0 Å². The number of alkyl halides is 3. The number of hydrogen-bond acceptors (Lipinski definition) is 2. The fraction of sp³-hybridized carbons (Fsp3) is 0.400. The van der Waals surface area contributed by atoms with E-state index in [-0.39, 0.29) is 6.61 Å². The highest BCUT2D eigenvalue weighted by Crippen LogP contribution is 2.23. The summed E-state index contributed by atoms with van der Waals surface area (Å²) in [4.78, 5) is 0.